The Bertz CT molecular complexity index is 924. The van der Waals surface area contributed by atoms with Crippen LogP contribution in [-0.4, -0.2) is 16.1 Å². The van der Waals surface area contributed by atoms with Gasteiger partial charge in [0.1, 0.15) is 5.75 Å². The van der Waals surface area contributed by atoms with Gasteiger partial charge < -0.3 is 14.8 Å². The van der Waals surface area contributed by atoms with E-state index in [-0.39, 0.29) is 16.5 Å². The lowest BCUT2D eigenvalue weighted by Gasteiger charge is -2.12. The minimum absolute atomic E-state index is 0.146. The van der Waals surface area contributed by atoms with Crippen LogP contribution in [0.1, 0.15) is 30.9 Å². The molecule has 3 aromatic rings. The van der Waals surface area contributed by atoms with Crippen LogP contribution in [0.2, 0.25) is 10.0 Å². The molecule has 130 valence electrons. The summed E-state index contributed by atoms with van der Waals surface area (Å²) in [7, 11) is 0. The highest BCUT2D eigenvalue weighted by Gasteiger charge is 2.14. The average Bonchev–Trinajstić information content (AvgIpc) is 2.93. The van der Waals surface area contributed by atoms with Gasteiger partial charge in [0.2, 0.25) is 0 Å². The Labute approximate surface area is 155 Å². The van der Waals surface area contributed by atoms with Crippen molar-refractivity contribution in [2.75, 3.05) is 0 Å². The normalized spacial score (nSPS) is 11.2. The van der Waals surface area contributed by atoms with Crippen molar-refractivity contribution in [1.82, 2.24) is 4.98 Å². The highest BCUT2D eigenvalue weighted by Crippen LogP contribution is 2.38. The van der Waals surface area contributed by atoms with Gasteiger partial charge in [-0.25, -0.2) is 0 Å². The summed E-state index contributed by atoms with van der Waals surface area (Å²) >= 11 is 12.5. The molecule has 1 aromatic heterocycles. The fourth-order valence-electron chi connectivity index (χ4n) is 2.77. The Morgan fingerprint density at radius 3 is 2.48 bits per heavy atom. The first-order valence-corrected chi connectivity index (χ1v) is 8.59. The number of rotatable bonds is 5. The zero-order chi connectivity index (χ0) is 18.1. The number of carboxylic acid groups (broad SMARTS) is 1. The zero-order valence-corrected chi connectivity index (χ0v) is 15.3. The number of aromatic amines is 1. The molecule has 0 fully saturated rings. The Morgan fingerprint density at radius 2 is 1.88 bits per heavy atom. The highest BCUT2D eigenvalue weighted by molar-refractivity contribution is 6.37. The lowest BCUT2D eigenvalue weighted by atomic mass is 10.0. The minimum atomic E-state index is -0.945. The van der Waals surface area contributed by atoms with E-state index in [1.54, 1.807) is 12.1 Å². The molecular weight excluding hydrogens is 361 g/mol. The number of aromatic nitrogens is 1. The van der Waals surface area contributed by atoms with Crippen molar-refractivity contribution < 1.29 is 14.6 Å². The molecule has 0 bridgehead atoms. The average molecular weight is 378 g/mol. The van der Waals surface area contributed by atoms with Crippen LogP contribution in [0, 0.1) is 0 Å². The van der Waals surface area contributed by atoms with E-state index in [1.807, 2.05) is 24.4 Å². The SMILES string of the molecule is CC(C)c1c[nH]c2ccc(Oc3c(Cl)cc(CC(=O)O)cc3Cl)cc12. The quantitative estimate of drug-likeness (QED) is 0.571. The Kier molecular flexibility index (Phi) is 4.93. The fraction of sp³-hybridized carbons (Fsp3) is 0.211. The van der Waals surface area contributed by atoms with E-state index in [1.165, 1.54) is 5.56 Å². The molecule has 2 N–H and O–H groups in total. The maximum absolute atomic E-state index is 10.8. The minimum Gasteiger partial charge on any atom is -0.481 e. The zero-order valence-electron chi connectivity index (χ0n) is 13.8. The third kappa shape index (κ3) is 3.75. The third-order valence-corrected chi connectivity index (χ3v) is 4.50. The first-order valence-electron chi connectivity index (χ1n) is 7.83. The van der Waals surface area contributed by atoms with Gasteiger partial charge in [-0.2, -0.15) is 0 Å². The van der Waals surface area contributed by atoms with Crippen molar-refractivity contribution in [2.24, 2.45) is 0 Å². The van der Waals surface area contributed by atoms with Crippen molar-refractivity contribution >= 4 is 40.1 Å². The molecule has 0 spiro atoms. The third-order valence-electron chi connectivity index (χ3n) is 3.94. The second-order valence-corrected chi connectivity index (χ2v) is 6.98. The predicted molar refractivity (Wildman–Crippen MR) is 100 cm³/mol. The number of ether oxygens (including phenoxy) is 1. The highest BCUT2D eigenvalue weighted by atomic mass is 35.5. The summed E-state index contributed by atoms with van der Waals surface area (Å²) < 4.78 is 5.89. The largest absolute Gasteiger partial charge is 0.481 e. The number of halogens is 2. The first-order chi connectivity index (χ1) is 11.8. The number of H-pyrrole nitrogens is 1. The molecule has 0 aliphatic carbocycles. The van der Waals surface area contributed by atoms with Crippen LogP contribution in [0.25, 0.3) is 10.9 Å². The lowest BCUT2D eigenvalue weighted by molar-refractivity contribution is -0.136. The standard InChI is InChI=1S/C19H17Cl2NO3/c1-10(2)14-9-22-17-4-3-12(8-13(14)17)25-19-15(20)5-11(6-16(19)21)7-18(23)24/h3-6,8-10,22H,7H2,1-2H3,(H,23,24). The van der Waals surface area contributed by atoms with Gasteiger partial charge in [-0.3, -0.25) is 4.79 Å². The lowest BCUT2D eigenvalue weighted by Crippen LogP contribution is -2.00. The molecule has 0 saturated carbocycles. The summed E-state index contributed by atoms with van der Waals surface area (Å²) in [6, 6.07) is 8.84. The fourth-order valence-corrected chi connectivity index (χ4v) is 3.38. The van der Waals surface area contributed by atoms with Crippen molar-refractivity contribution in [2.45, 2.75) is 26.2 Å². The predicted octanol–water partition coefficient (Wildman–Crippen LogP) is 6.02. The van der Waals surface area contributed by atoms with Crippen molar-refractivity contribution in [1.29, 1.82) is 0 Å². The van der Waals surface area contributed by atoms with E-state index in [0.29, 0.717) is 23.0 Å². The summed E-state index contributed by atoms with van der Waals surface area (Å²) in [4.78, 5) is 14.1. The second kappa shape index (κ2) is 6.98. The van der Waals surface area contributed by atoms with E-state index in [9.17, 15) is 4.79 Å². The van der Waals surface area contributed by atoms with Gasteiger partial charge in [0.25, 0.3) is 0 Å². The van der Waals surface area contributed by atoms with Gasteiger partial charge in [-0.15, -0.1) is 0 Å². The van der Waals surface area contributed by atoms with Crippen molar-refractivity contribution in [3.8, 4) is 11.5 Å². The van der Waals surface area contributed by atoms with Gasteiger partial charge >= 0.3 is 5.97 Å². The molecule has 0 unspecified atom stereocenters. The number of aliphatic carboxylic acids is 1. The summed E-state index contributed by atoms with van der Waals surface area (Å²) in [5.74, 6) is 0.369. The monoisotopic (exact) mass is 377 g/mol. The van der Waals surface area contributed by atoms with Crippen molar-refractivity contribution in [3.63, 3.8) is 0 Å². The molecular formula is C19H17Cl2NO3. The van der Waals surface area contributed by atoms with E-state index in [2.05, 4.69) is 18.8 Å². The van der Waals surface area contributed by atoms with Crippen LogP contribution >= 0.6 is 23.2 Å². The molecule has 2 aromatic carbocycles. The van der Waals surface area contributed by atoms with Crippen LogP contribution in [0.3, 0.4) is 0 Å². The van der Waals surface area contributed by atoms with Crippen LogP contribution in [-0.2, 0) is 11.2 Å². The molecule has 0 amide bonds. The summed E-state index contributed by atoms with van der Waals surface area (Å²) in [6.07, 6.45) is 1.85. The molecule has 1 heterocycles. The van der Waals surface area contributed by atoms with Crippen LogP contribution in [0.15, 0.2) is 36.5 Å². The Morgan fingerprint density at radius 1 is 1.20 bits per heavy atom. The molecule has 0 saturated heterocycles. The molecule has 3 rings (SSSR count). The number of hydrogen-bond acceptors (Lipinski definition) is 2. The van der Waals surface area contributed by atoms with Crippen LogP contribution < -0.4 is 4.74 Å². The molecule has 0 aliphatic heterocycles. The van der Waals surface area contributed by atoms with Gasteiger partial charge in [-0.1, -0.05) is 37.0 Å². The van der Waals surface area contributed by atoms with E-state index < -0.39 is 5.97 Å². The summed E-state index contributed by atoms with van der Waals surface area (Å²) in [6.45, 7) is 4.26. The summed E-state index contributed by atoms with van der Waals surface area (Å²) in [5, 5.41) is 10.5. The second-order valence-electron chi connectivity index (χ2n) is 6.17. The van der Waals surface area contributed by atoms with Gasteiger partial charge in [0, 0.05) is 17.1 Å². The van der Waals surface area contributed by atoms with Gasteiger partial charge in [0.15, 0.2) is 5.75 Å². The van der Waals surface area contributed by atoms with E-state index >= 15 is 0 Å². The molecule has 0 radical (unpaired) electrons. The number of fused-ring (bicyclic) bond motifs is 1. The first kappa shape index (κ1) is 17.6. The van der Waals surface area contributed by atoms with Crippen LogP contribution in [0.5, 0.6) is 11.5 Å². The number of carbonyl (C=O) groups is 1. The smallest absolute Gasteiger partial charge is 0.307 e. The number of nitrogens with one attached hydrogen (secondary N) is 1. The maximum atomic E-state index is 10.8. The molecule has 0 aliphatic rings. The number of carboxylic acids is 1. The topological polar surface area (TPSA) is 62.3 Å². The van der Waals surface area contributed by atoms with Crippen LogP contribution in [0.4, 0.5) is 0 Å². The Balaban J connectivity index is 1.95. The molecule has 0 atom stereocenters. The van der Waals surface area contributed by atoms with Gasteiger partial charge in [-0.05, 0) is 47.4 Å². The maximum Gasteiger partial charge on any atom is 0.307 e. The molecule has 25 heavy (non-hydrogen) atoms. The van der Waals surface area contributed by atoms with Crippen molar-refractivity contribution in [3.05, 3.63) is 57.7 Å². The van der Waals surface area contributed by atoms with E-state index in [4.69, 9.17) is 33.0 Å². The van der Waals surface area contributed by atoms with Gasteiger partial charge in [0.05, 0.1) is 16.5 Å². The molecule has 6 heteroatoms. The number of benzene rings is 2. The Hall–Kier alpha value is -2.17. The number of hydrogen-bond donors (Lipinski definition) is 2. The molecule has 4 nitrogen and oxygen atoms in total. The van der Waals surface area contributed by atoms with E-state index in [0.717, 1.165) is 10.9 Å². The summed E-state index contributed by atoms with van der Waals surface area (Å²) in [5.41, 5.74) is 2.76.